The van der Waals surface area contributed by atoms with Crippen molar-refractivity contribution in [1.29, 1.82) is 0 Å². The Morgan fingerprint density at radius 1 is 1.50 bits per heavy atom. The summed E-state index contributed by atoms with van der Waals surface area (Å²) < 4.78 is 13.0. The van der Waals surface area contributed by atoms with E-state index in [1.807, 2.05) is 12.1 Å². The maximum Gasteiger partial charge on any atom is 0.126 e. The largest absolute Gasteiger partial charge is 0.207 e. The Balaban J connectivity index is 2.82. The lowest BCUT2D eigenvalue weighted by molar-refractivity contribution is 0.616. The van der Waals surface area contributed by atoms with Crippen molar-refractivity contribution in [2.75, 3.05) is 0 Å². The molecule has 0 aliphatic carbocycles. The molecule has 66 valence electrons. The molecule has 0 aliphatic rings. The van der Waals surface area contributed by atoms with Gasteiger partial charge >= 0.3 is 0 Å². The first-order valence-electron chi connectivity index (χ1n) is 3.98. The average molecular weight is 231 g/mol. The van der Waals surface area contributed by atoms with Gasteiger partial charge in [-0.1, -0.05) is 35.0 Å². The molecule has 12 heavy (non-hydrogen) atoms. The number of hydrogen-bond donors (Lipinski definition) is 0. The molecule has 0 fully saturated rings. The van der Waals surface area contributed by atoms with Crippen LogP contribution in [0.1, 0.15) is 18.1 Å². The van der Waals surface area contributed by atoms with E-state index in [0.29, 0.717) is 10.4 Å². The zero-order valence-electron chi connectivity index (χ0n) is 7.27. The van der Waals surface area contributed by atoms with E-state index in [9.17, 15) is 4.39 Å². The Bertz CT molecular complexity index is 269. The summed E-state index contributed by atoms with van der Waals surface area (Å²) in [6.07, 6.45) is 0.872. The molecule has 1 aromatic rings. The SMILES string of the molecule is Cc1ccc(CC(C)Br)cc1F. The third-order valence-corrected chi connectivity index (χ3v) is 2.08. The van der Waals surface area contributed by atoms with E-state index in [0.717, 1.165) is 12.0 Å². The predicted molar refractivity (Wildman–Crippen MR) is 53.2 cm³/mol. The Morgan fingerprint density at radius 3 is 2.67 bits per heavy atom. The van der Waals surface area contributed by atoms with E-state index in [1.54, 1.807) is 13.0 Å². The maximum absolute atomic E-state index is 13.0. The minimum Gasteiger partial charge on any atom is -0.207 e. The third kappa shape index (κ3) is 2.59. The molecule has 0 radical (unpaired) electrons. The van der Waals surface area contributed by atoms with Crippen molar-refractivity contribution >= 4 is 15.9 Å². The second-order valence-electron chi connectivity index (χ2n) is 3.07. The Kier molecular flexibility index (Phi) is 3.27. The van der Waals surface area contributed by atoms with Gasteiger partial charge in [-0.3, -0.25) is 0 Å². The van der Waals surface area contributed by atoms with E-state index < -0.39 is 0 Å². The first kappa shape index (κ1) is 9.72. The van der Waals surface area contributed by atoms with Gasteiger partial charge in [0.25, 0.3) is 0 Å². The standard InChI is InChI=1S/C10H12BrF/c1-7-3-4-9(5-8(2)11)6-10(7)12/h3-4,6,8H,5H2,1-2H3. The van der Waals surface area contributed by atoms with Gasteiger partial charge in [-0.05, 0) is 30.5 Å². The van der Waals surface area contributed by atoms with E-state index in [4.69, 9.17) is 0 Å². The van der Waals surface area contributed by atoms with Gasteiger partial charge in [0, 0.05) is 4.83 Å². The molecule has 0 amide bonds. The van der Waals surface area contributed by atoms with Gasteiger partial charge in [0.2, 0.25) is 0 Å². The van der Waals surface area contributed by atoms with Crippen LogP contribution in [0.3, 0.4) is 0 Å². The molecule has 1 atom stereocenters. The van der Waals surface area contributed by atoms with Crippen LogP contribution in [0.2, 0.25) is 0 Å². The van der Waals surface area contributed by atoms with Crippen molar-refractivity contribution in [3.8, 4) is 0 Å². The summed E-state index contributed by atoms with van der Waals surface area (Å²) in [5.74, 6) is -0.111. The average Bonchev–Trinajstić information content (AvgIpc) is 1.96. The zero-order chi connectivity index (χ0) is 9.14. The number of rotatable bonds is 2. The summed E-state index contributed by atoms with van der Waals surface area (Å²) >= 11 is 3.43. The molecule has 0 nitrogen and oxygen atoms in total. The molecule has 0 N–H and O–H groups in total. The van der Waals surface area contributed by atoms with Crippen LogP contribution in [0.4, 0.5) is 4.39 Å². The summed E-state index contributed by atoms with van der Waals surface area (Å²) in [5.41, 5.74) is 1.75. The van der Waals surface area contributed by atoms with Crippen LogP contribution in [0.5, 0.6) is 0 Å². The van der Waals surface area contributed by atoms with Crippen LogP contribution in [0.15, 0.2) is 18.2 Å². The molecule has 0 saturated carbocycles. The van der Waals surface area contributed by atoms with Crippen molar-refractivity contribution < 1.29 is 4.39 Å². The lowest BCUT2D eigenvalue weighted by Crippen LogP contribution is -1.97. The normalized spacial score (nSPS) is 13.0. The predicted octanol–water partition coefficient (Wildman–Crippen LogP) is 3.46. The molecule has 0 aromatic heterocycles. The highest BCUT2D eigenvalue weighted by molar-refractivity contribution is 9.09. The summed E-state index contributed by atoms with van der Waals surface area (Å²) in [4.78, 5) is 0.402. The number of halogens is 2. The Labute approximate surface area is 80.9 Å². The van der Waals surface area contributed by atoms with Gasteiger partial charge < -0.3 is 0 Å². The molecule has 0 spiro atoms. The minimum absolute atomic E-state index is 0.111. The highest BCUT2D eigenvalue weighted by Gasteiger charge is 2.01. The lowest BCUT2D eigenvalue weighted by atomic mass is 10.1. The number of aryl methyl sites for hydroxylation is 1. The van der Waals surface area contributed by atoms with Crippen molar-refractivity contribution in [3.05, 3.63) is 35.1 Å². The molecule has 1 unspecified atom stereocenters. The molecular weight excluding hydrogens is 219 g/mol. The maximum atomic E-state index is 13.0. The van der Waals surface area contributed by atoms with Crippen molar-refractivity contribution in [2.24, 2.45) is 0 Å². The molecule has 0 heterocycles. The van der Waals surface area contributed by atoms with Crippen LogP contribution in [-0.4, -0.2) is 4.83 Å². The third-order valence-electron chi connectivity index (χ3n) is 1.75. The fourth-order valence-electron chi connectivity index (χ4n) is 1.09. The molecule has 2 heteroatoms. The zero-order valence-corrected chi connectivity index (χ0v) is 8.86. The first-order chi connectivity index (χ1) is 5.59. The smallest absolute Gasteiger partial charge is 0.126 e. The van der Waals surface area contributed by atoms with E-state index in [1.165, 1.54) is 0 Å². The Hall–Kier alpha value is -0.370. The van der Waals surface area contributed by atoms with E-state index in [2.05, 4.69) is 22.9 Å². The minimum atomic E-state index is -0.111. The van der Waals surface area contributed by atoms with Gasteiger partial charge in [0.1, 0.15) is 5.82 Å². The summed E-state index contributed by atoms with van der Waals surface area (Å²) in [7, 11) is 0. The van der Waals surface area contributed by atoms with Crippen LogP contribution in [-0.2, 0) is 6.42 Å². The second kappa shape index (κ2) is 4.04. The molecule has 0 aliphatic heterocycles. The fraction of sp³-hybridized carbons (Fsp3) is 0.400. The number of benzene rings is 1. The van der Waals surface area contributed by atoms with Crippen LogP contribution in [0.25, 0.3) is 0 Å². The van der Waals surface area contributed by atoms with Crippen LogP contribution < -0.4 is 0 Å². The van der Waals surface area contributed by atoms with Crippen molar-refractivity contribution in [2.45, 2.75) is 25.1 Å². The monoisotopic (exact) mass is 230 g/mol. The quantitative estimate of drug-likeness (QED) is 0.683. The molecular formula is C10H12BrF. The van der Waals surface area contributed by atoms with Gasteiger partial charge in [-0.25, -0.2) is 4.39 Å². The van der Waals surface area contributed by atoms with Gasteiger partial charge in [0.05, 0.1) is 0 Å². The van der Waals surface area contributed by atoms with Gasteiger partial charge in [-0.15, -0.1) is 0 Å². The summed E-state index contributed by atoms with van der Waals surface area (Å²) in [5, 5.41) is 0. The molecule has 0 bridgehead atoms. The van der Waals surface area contributed by atoms with Gasteiger partial charge in [-0.2, -0.15) is 0 Å². The fourth-order valence-corrected chi connectivity index (χ4v) is 1.46. The van der Waals surface area contributed by atoms with Crippen LogP contribution in [0, 0.1) is 12.7 Å². The Morgan fingerprint density at radius 2 is 2.17 bits per heavy atom. The second-order valence-corrected chi connectivity index (χ2v) is 4.63. The number of alkyl halides is 1. The van der Waals surface area contributed by atoms with Crippen LogP contribution >= 0.6 is 15.9 Å². The lowest BCUT2D eigenvalue weighted by Gasteiger charge is -2.04. The molecule has 0 saturated heterocycles. The van der Waals surface area contributed by atoms with E-state index in [-0.39, 0.29) is 5.82 Å². The van der Waals surface area contributed by atoms with E-state index >= 15 is 0 Å². The van der Waals surface area contributed by atoms with Crippen molar-refractivity contribution in [3.63, 3.8) is 0 Å². The topological polar surface area (TPSA) is 0 Å². The van der Waals surface area contributed by atoms with Crippen molar-refractivity contribution in [1.82, 2.24) is 0 Å². The summed E-state index contributed by atoms with van der Waals surface area (Å²) in [6.45, 7) is 3.83. The highest BCUT2D eigenvalue weighted by Crippen LogP contribution is 2.13. The first-order valence-corrected chi connectivity index (χ1v) is 4.90. The summed E-state index contributed by atoms with van der Waals surface area (Å²) in [6, 6.07) is 5.39. The molecule has 1 rings (SSSR count). The molecule has 1 aromatic carbocycles. The van der Waals surface area contributed by atoms with Gasteiger partial charge in [0.15, 0.2) is 0 Å². The number of hydrogen-bond acceptors (Lipinski definition) is 0. The highest BCUT2D eigenvalue weighted by atomic mass is 79.9.